The van der Waals surface area contributed by atoms with E-state index in [-0.39, 0.29) is 19.3 Å². The van der Waals surface area contributed by atoms with Gasteiger partial charge in [0.1, 0.15) is 28.6 Å². The van der Waals surface area contributed by atoms with E-state index in [1.54, 1.807) is 32.1 Å². The van der Waals surface area contributed by atoms with Crippen molar-refractivity contribution < 1.29 is 59.3 Å². The Hall–Kier alpha value is -3.32. The van der Waals surface area contributed by atoms with Gasteiger partial charge in [0.05, 0.1) is 29.1 Å². The van der Waals surface area contributed by atoms with Gasteiger partial charge < -0.3 is 40.1 Å². The number of hydrogen-bond acceptors (Lipinski definition) is 10. The maximum Gasteiger partial charge on any atom is 0.316 e. The number of aliphatic carboxylic acids is 2. The van der Waals surface area contributed by atoms with E-state index in [2.05, 4.69) is 13.2 Å². The molecule has 51 heavy (non-hydrogen) atoms. The van der Waals surface area contributed by atoms with E-state index >= 15 is 0 Å². The summed E-state index contributed by atoms with van der Waals surface area (Å²) in [5.74, 6) is -6.11. The first-order chi connectivity index (χ1) is 23.3. The Labute approximate surface area is 295 Å². The van der Waals surface area contributed by atoms with Crippen LogP contribution >= 0.6 is 0 Å². The predicted octanol–water partition coefficient (Wildman–Crippen LogP) is 2.69. The first kappa shape index (κ1) is 34.7. The molecule has 6 N–H and O–H groups in total. The monoisotopic (exact) mass is 708 g/mol. The van der Waals surface area contributed by atoms with Crippen molar-refractivity contribution in [1.29, 1.82) is 0 Å². The molecule has 0 amide bonds. The number of ether oxygens (including phenoxy) is 2. The van der Waals surface area contributed by atoms with E-state index in [9.17, 15) is 49.8 Å². The molecule has 0 aromatic carbocycles. The summed E-state index contributed by atoms with van der Waals surface area (Å²) in [7, 11) is 0. The number of carbonyl (C=O) groups is 4. The van der Waals surface area contributed by atoms with Gasteiger partial charge in [0.15, 0.2) is 0 Å². The van der Waals surface area contributed by atoms with Crippen molar-refractivity contribution in [2.75, 3.05) is 0 Å². The van der Waals surface area contributed by atoms with Crippen molar-refractivity contribution >= 4 is 23.9 Å². The zero-order valence-electron chi connectivity index (χ0n) is 28.1. The second kappa shape index (κ2) is 9.80. The van der Waals surface area contributed by atoms with Crippen LogP contribution in [-0.4, -0.2) is 89.6 Å². The fourth-order valence-corrected chi connectivity index (χ4v) is 14.0. The van der Waals surface area contributed by atoms with Crippen LogP contribution < -0.4 is 0 Å². The van der Waals surface area contributed by atoms with Gasteiger partial charge in [-0.25, -0.2) is 0 Å². The number of esters is 2. The molecule has 0 aromatic heterocycles. The molecular formula is C39H48O12. The number of hydrogen-bond donors (Lipinski definition) is 6. The molecule has 2 aliphatic heterocycles. The zero-order chi connectivity index (χ0) is 35.9. The summed E-state index contributed by atoms with van der Waals surface area (Å²) in [6, 6.07) is 0. The lowest BCUT2D eigenvalue weighted by Gasteiger charge is -2.44. The van der Waals surface area contributed by atoms with Gasteiger partial charge in [0.2, 0.25) is 0 Å². The Balaban J connectivity index is 0.000000144. The highest BCUT2D eigenvalue weighted by Crippen LogP contribution is 2.78. The predicted molar refractivity (Wildman–Crippen MR) is 177 cm³/mol. The first-order valence-electron chi connectivity index (χ1n) is 17.8. The Morgan fingerprint density at radius 2 is 1.45 bits per heavy atom. The molecule has 8 fully saturated rings. The zero-order valence-corrected chi connectivity index (χ0v) is 28.1. The van der Waals surface area contributed by atoms with Crippen LogP contribution in [0.15, 0.2) is 48.1 Å². The summed E-state index contributed by atoms with van der Waals surface area (Å²) < 4.78 is 11.2. The minimum absolute atomic E-state index is 0. The Morgan fingerprint density at radius 1 is 0.863 bits per heavy atom. The quantitative estimate of drug-likeness (QED) is 0.181. The fraction of sp³-hybridized carbons (Fsp3) is 0.692. The number of aliphatic hydroxyl groups is 4. The lowest BCUT2D eigenvalue weighted by molar-refractivity contribution is -0.163. The van der Waals surface area contributed by atoms with E-state index in [0.29, 0.717) is 62.5 Å². The van der Waals surface area contributed by atoms with Gasteiger partial charge in [-0.2, -0.15) is 0 Å². The minimum Gasteiger partial charge on any atom is -0.481 e. The number of rotatable bonds is 2. The van der Waals surface area contributed by atoms with E-state index in [0.717, 1.165) is 5.57 Å². The SMILES string of the molecule is C.C=C1C[C@]23C[C@@]1(O)CC[C@H]2C1=C[C@H]2OC(=O)[C@@](C)([C@H]1[C@@H]3C(=O)O)[C@H]2O.C=C1C[C@]23C[C@@]1(O)CC[C@H]2[C@@]12C=C[C@H](O)[C@@](C)(C(=O)O1)[C@H]2[C@@H]3C(=O)O. The van der Waals surface area contributed by atoms with Crippen molar-refractivity contribution in [2.45, 2.75) is 108 Å². The molecule has 2 spiro atoms. The van der Waals surface area contributed by atoms with Gasteiger partial charge in [0.25, 0.3) is 0 Å². The Kier molecular flexibility index (Phi) is 6.68. The number of carbonyl (C=O) groups excluding carboxylic acids is 2. The van der Waals surface area contributed by atoms with Crippen LogP contribution in [0.2, 0.25) is 0 Å². The highest BCUT2D eigenvalue weighted by atomic mass is 16.6. The maximum atomic E-state index is 12.7. The molecule has 276 valence electrons. The van der Waals surface area contributed by atoms with Crippen molar-refractivity contribution in [3.63, 3.8) is 0 Å². The fourth-order valence-electron chi connectivity index (χ4n) is 14.0. The van der Waals surface area contributed by atoms with E-state index in [1.165, 1.54) is 0 Å². The Morgan fingerprint density at radius 3 is 2.08 bits per heavy atom. The van der Waals surface area contributed by atoms with Crippen molar-refractivity contribution in [1.82, 2.24) is 0 Å². The second-order valence-electron chi connectivity index (χ2n) is 17.8. The third kappa shape index (κ3) is 3.56. The lowest BCUT2D eigenvalue weighted by atomic mass is 9.61. The van der Waals surface area contributed by atoms with Gasteiger partial charge in [0, 0.05) is 17.8 Å². The normalized spacial score (nSPS) is 55.6. The van der Waals surface area contributed by atoms with Crippen LogP contribution in [0, 0.1) is 57.2 Å². The van der Waals surface area contributed by atoms with Crippen molar-refractivity contribution in [3.05, 3.63) is 48.1 Å². The standard InChI is InChI=1S/2C19H22O6.CH4/c1-9-7-17-8-18(9,24)5-3-10(17)19-6-4-11(20)16(2,15(23)25-19)13(19)12(17)14(21)22;1-8-6-18-7-19(8,24)4-3-10(18)9-5-11-14(20)17(2,16(23)25-11)12(9)13(18)15(21)22;/h4,6,10-13,20,24H,1,3,5,7-8H2,2H3,(H,21,22);5,10-14,20,24H,1,3-4,6-7H2,2H3,(H,21,22);1H4/t10-,11+,12-,13-,16-,17+,18+,19-;10-,11+,12+,13+,14-,17-,18-,19-;/m10./s1. The molecule has 0 aromatic rings. The number of aliphatic hydroxyl groups excluding tert-OH is 2. The highest BCUT2D eigenvalue weighted by molar-refractivity contribution is 5.87. The second-order valence-corrected chi connectivity index (χ2v) is 17.8. The van der Waals surface area contributed by atoms with Gasteiger partial charge in [-0.3, -0.25) is 19.2 Å². The van der Waals surface area contributed by atoms with Crippen LogP contribution in [0.1, 0.15) is 72.6 Å². The number of allylic oxidation sites excluding steroid dienone is 1. The molecule has 2 heterocycles. The molecule has 10 aliphatic rings. The molecule has 6 saturated carbocycles. The molecule has 0 radical (unpaired) electrons. The summed E-state index contributed by atoms with van der Waals surface area (Å²) in [6.45, 7) is 11.3. The summed E-state index contributed by atoms with van der Waals surface area (Å²) in [5.41, 5.74) is -4.52. The first-order valence-corrected chi connectivity index (χ1v) is 17.8. The van der Waals surface area contributed by atoms with Crippen molar-refractivity contribution in [3.8, 4) is 0 Å². The van der Waals surface area contributed by atoms with Crippen molar-refractivity contribution in [2.24, 2.45) is 57.2 Å². The lowest BCUT2D eigenvalue weighted by Crippen LogP contribution is -2.50. The van der Waals surface area contributed by atoms with E-state index in [1.807, 2.05) is 0 Å². The van der Waals surface area contributed by atoms with Gasteiger partial charge in [-0.05, 0) is 105 Å². The topological polar surface area (TPSA) is 208 Å². The van der Waals surface area contributed by atoms with Crippen LogP contribution in [-0.2, 0) is 28.7 Å². The smallest absolute Gasteiger partial charge is 0.316 e. The molecule has 12 nitrogen and oxygen atoms in total. The summed E-state index contributed by atoms with van der Waals surface area (Å²) in [4.78, 5) is 50.0. The molecule has 16 atom stereocenters. The maximum absolute atomic E-state index is 12.7. The van der Waals surface area contributed by atoms with Crippen LogP contribution in [0.3, 0.4) is 0 Å². The van der Waals surface area contributed by atoms with E-state index < -0.39 is 104 Å². The molecule has 8 aliphatic carbocycles. The largest absolute Gasteiger partial charge is 0.481 e. The number of fused-ring (bicyclic) bond motifs is 7. The average molecular weight is 709 g/mol. The molecule has 12 heteroatoms. The van der Waals surface area contributed by atoms with Crippen LogP contribution in [0.5, 0.6) is 0 Å². The summed E-state index contributed by atoms with van der Waals surface area (Å²) in [6.07, 6.45) is 6.26. The molecule has 0 unspecified atom stereocenters. The minimum atomic E-state index is -1.27. The summed E-state index contributed by atoms with van der Waals surface area (Å²) in [5, 5.41) is 63.3. The molecule has 10 rings (SSSR count). The van der Waals surface area contributed by atoms with Gasteiger partial charge in [-0.15, -0.1) is 0 Å². The molecular weight excluding hydrogens is 660 g/mol. The molecule has 8 bridgehead atoms. The molecule has 2 saturated heterocycles. The third-order valence-corrected chi connectivity index (χ3v) is 16.1. The van der Waals surface area contributed by atoms with Gasteiger partial charge in [-0.1, -0.05) is 32.2 Å². The number of carboxylic acid groups (broad SMARTS) is 2. The highest BCUT2D eigenvalue weighted by Gasteiger charge is 2.83. The summed E-state index contributed by atoms with van der Waals surface area (Å²) >= 11 is 0. The number of carboxylic acids is 2. The van der Waals surface area contributed by atoms with Crippen LogP contribution in [0.4, 0.5) is 0 Å². The van der Waals surface area contributed by atoms with Crippen LogP contribution in [0.25, 0.3) is 0 Å². The third-order valence-electron chi connectivity index (χ3n) is 16.1. The van der Waals surface area contributed by atoms with E-state index in [4.69, 9.17) is 9.47 Å². The average Bonchev–Trinajstić information content (AvgIpc) is 3.68. The van der Waals surface area contributed by atoms with Gasteiger partial charge >= 0.3 is 23.9 Å². The Bertz CT molecular complexity index is 1800.